The van der Waals surface area contributed by atoms with Crippen LogP contribution in [-0.2, 0) is 6.54 Å². The number of imidazole rings is 1. The molecular formula is C30H22N3+. The van der Waals surface area contributed by atoms with Crippen molar-refractivity contribution in [1.29, 1.82) is 5.26 Å². The fourth-order valence-electron chi connectivity index (χ4n) is 4.91. The van der Waals surface area contributed by atoms with Crippen LogP contribution in [0.3, 0.4) is 0 Å². The summed E-state index contributed by atoms with van der Waals surface area (Å²) in [6, 6.07) is 34.0. The second-order valence-electron chi connectivity index (χ2n) is 8.54. The molecule has 0 amide bonds. The van der Waals surface area contributed by atoms with E-state index in [0.717, 1.165) is 23.6 Å². The summed E-state index contributed by atoms with van der Waals surface area (Å²) in [6.07, 6.45) is 4.30. The Kier molecular flexibility index (Phi) is 4.45. The largest absolute Gasteiger partial charge is 0.294 e. The van der Waals surface area contributed by atoms with Crippen LogP contribution in [0.2, 0.25) is 0 Å². The first-order chi connectivity index (χ1) is 16.2. The fourth-order valence-corrected chi connectivity index (χ4v) is 4.91. The Morgan fingerprint density at radius 2 is 1.42 bits per heavy atom. The van der Waals surface area contributed by atoms with Crippen LogP contribution in [0.4, 0.5) is 0 Å². The lowest BCUT2D eigenvalue weighted by atomic mass is 9.93. The van der Waals surface area contributed by atoms with Crippen molar-refractivity contribution >= 4 is 0 Å². The van der Waals surface area contributed by atoms with Gasteiger partial charge in [0.25, 0.3) is 5.82 Å². The minimum atomic E-state index is 0.686. The Balaban J connectivity index is 1.69. The van der Waals surface area contributed by atoms with Gasteiger partial charge in [-0.2, -0.15) is 9.83 Å². The Hall–Kier alpha value is -4.42. The van der Waals surface area contributed by atoms with Crippen molar-refractivity contribution in [3.8, 4) is 45.4 Å². The molecule has 0 atom stereocenters. The van der Waals surface area contributed by atoms with Crippen LogP contribution >= 0.6 is 0 Å². The Labute approximate surface area is 193 Å². The van der Waals surface area contributed by atoms with E-state index in [1.165, 1.54) is 33.4 Å². The number of nitriles is 1. The van der Waals surface area contributed by atoms with Gasteiger partial charge in [0.2, 0.25) is 0 Å². The molecule has 0 bridgehead atoms. The van der Waals surface area contributed by atoms with Gasteiger partial charge >= 0.3 is 0 Å². The molecular weight excluding hydrogens is 402 g/mol. The first-order valence-corrected chi connectivity index (χ1v) is 11.1. The van der Waals surface area contributed by atoms with E-state index < -0.39 is 0 Å². The summed E-state index contributed by atoms with van der Waals surface area (Å²) in [5, 5.41) is 9.51. The summed E-state index contributed by atoms with van der Waals surface area (Å²) in [4.78, 5) is 0. The highest BCUT2D eigenvalue weighted by molar-refractivity contribution is 5.87. The van der Waals surface area contributed by atoms with Gasteiger partial charge in [-0.3, -0.25) is 0 Å². The molecule has 0 aliphatic carbocycles. The molecule has 0 N–H and O–H groups in total. The molecule has 1 aliphatic heterocycles. The number of hydrogen-bond acceptors (Lipinski definition) is 1. The van der Waals surface area contributed by atoms with Crippen LogP contribution in [0.1, 0.15) is 16.7 Å². The second kappa shape index (κ2) is 7.62. The number of nitrogens with zero attached hydrogens (tertiary/aromatic N) is 3. The molecule has 1 aromatic heterocycles. The van der Waals surface area contributed by atoms with Gasteiger partial charge in [-0.1, -0.05) is 66.7 Å². The molecule has 0 unspecified atom stereocenters. The normalized spacial score (nSPS) is 11.6. The molecule has 2 heterocycles. The van der Waals surface area contributed by atoms with E-state index in [1.807, 2.05) is 12.1 Å². The summed E-state index contributed by atoms with van der Waals surface area (Å²) >= 11 is 0. The number of fused-ring (bicyclic) bond motifs is 3. The molecule has 3 heteroatoms. The molecule has 0 spiro atoms. The lowest BCUT2D eigenvalue weighted by Crippen LogP contribution is -2.30. The average molecular weight is 425 g/mol. The lowest BCUT2D eigenvalue weighted by molar-refractivity contribution is -0.671. The zero-order chi connectivity index (χ0) is 22.4. The Morgan fingerprint density at radius 3 is 2.03 bits per heavy atom. The monoisotopic (exact) mass is 424 g/mol. The summed E-state index contributed by atoms with van der Waals surface area (Å²) < 4.78 is 4.58. The van der Waals surface area contributed by atoms with Crippen molar-refractivity contribution in [2.24, 2.45) is 0 Å². The van der Waals surface area contributed by atoms with Gasteiger partial charge in [-0.15, -0.1) is 0 Å². The van der Waals surface area contributed by atoms with E-state index in [9.17, 15) is 5.26 Å². The van der Waals surface area contributed by atoms with Crippen molar-refractivity contribution in [2.75, 3.05) is 0 Å². The van der Waals surface area contributed by atoms with E-state index in [1.54, 1.807) is 0 Å². The third kappa shape index (κ3) is 3.16. The van der Waals surface area contributed by atoms with Gasteiger partial charge in [0.05, 0.1) is 17.2 Å². The molecule has 0 saturated carbocycles. The number of benzene rings is 4. The highest BCUT2D eigenvalue weighted by Gasteiger charge is 2.32. The van der Waals surface area contributed by atoms with E-state index in [2.05, 4.69) is 113 Å². The number of aryl methyl sites for hydroxylation is 1. The maximum Gasteiger partial charge on any atom is 0.294 e. The predicted octanol–water partition coefficient (Wildman–Crippen LogP) is 6.31. The van der Waals surface area contributed by atoms with E-state index in [0.29, 0.717) is 5.56 Å². The maximum atomic E-state index is 9.51. The van der Waals surface area contributed by atoms with E-state index >= 15 is 0 Å². The van der Waals surface area contributed by atoms with Gasteiger partial charge in [0.1, 0.15) is 24.6 Å². The highest BCUT2D eigenvalue weighted by Crippen LogP contribution is 2.40. The van der Waals surface area contributed by atoms with Crippen LogP contribution in [0.5, 0.6) is 0 Å². The third-order valence-corrected chi connectivity index (χ3v) is 6.38. The zero-order valence-electron chi connectivity index (χ0n) is 18.4. The summed E-state index contributed by atoms with van der Waals surface area (Å²) in [7, 11) is 0. The van der Waals surface area contributed by atoms with Crippen LogP contribution in [-0.4, -0.2) is 4.57 Å². The summed E-state index contributed by atoms with van der Waals surface area (Å²) in [6.45, 7) is 2.97. The number of aromatic nitrogens is 2. The quantitative estimate of drug-likeness (QED) is 0.307. The van der Waals surface area contributed by atoms with Gasteiger partial charge in [-0.05, 0) is 47.9 Å². The Bertz CT molecular complexity index is 1480. The molecule has 4 aromatic carbocycles. The highest BCUT2D eigenvalue weighted by atomic mass is 15.2. The third-order valence-electron chi connectivity index (χ3n) is 6.38. The van der Waals surface area contributed by atoms with Gasteiger partial charge in [-0.25, -0.2) is 4.57 Å². The number of hydrogen-bond donors (Lipinski definition) is 0. The smallest absolute Gasteiger partial charge is 0.225 e. The number of rotatable bonds is 3. The standard InChI is InChI=1S/C30H22N3/c1-21-16-26(23-8-4-2-5-9-23)29(27(17-21)24-10-6-3-7-11-24)33-15-14-32-20-25-13-12-22(19-31)18-28(25)30(32)33/h2-18H,20H2,1H3/q+1. The second-order valence-corrected chi connectivity index (χ2v) is 8.54. The first kappa shape index (κ1) is 19.3. The molecule has 156 valence electrons. The maximum absolute atomic E-state index is 9.51. The van der Waals surface area contributed by atoms with Crippen LogP contribution in [0.25, 0.3) is 39.3 Å². The molecule has 33 heavy (non-hydrogen) atoms. The minimum absolute atomic E-state index is 0.686. The zero-order valence-corrected chi connectivity index (χ0v) is 18.4. The minimum Gasteiger partial charge on any atom is -0.225 e. The van der Waals surface area contributed by atoms with E-state index in [-0.39, 0.29) is 0 Å². The van der Waals surface area contributed by atoms with Gasteiger partial charge < -0.3 is 0 Å². The first-order valence-electron chi connectivity index (χ1n) is 11.1. The molecule has 1 aliphatic rings. The summed E-state index contributed by atoms with van der Waals surface area (Å²) in [5.41, 5.74) is 10.2. The van der Waals surface area contributed by atoms with Gasteiger partial charge in [0, 0.05) is 16.7 Å². The van der Waals surface area contributed by atoms with E-state index in [4.69, 9.17) is 0 Å². The average Bonchev–Trinajstić information content (AvgIpc) is 3.43. The van der Waals surface area contributed by atoms with Crippen molar-refractivity contribution < 1.29 is 4.57 Å². The summed E-state index contributed by atoms with van der Waals surface area (Å²) in [5.74, 6) is 1.11. The van der Waals surface area contributed by atoms with Gasteiger partial charge in [0.15, 0.2) is 0 Å². The molecule has 0 saturated heterocycles. The fraction of sp³-hybridized carbons (Fsp3) is 0.0667. The SMILES string of the molecule is Cc1cc(-c2ccccc2)c(-n2cc[n+]3c2-c2cc(C#N)ccc2C3)c(-c2ccccc2)c1. The van der Waals surface area contributed by atoms with Crippen molar-refractivity contribution in [3.05, 3.63) is 120 Å². The molecule has 3 nitrogen and oxygen atoms in total. The van der Waals surface area contributed by atoms with Crippen molar-refractivity contribution in [2.45, 2.75) is 13.5 Å². The predicted molar refractivity (Wildman–Crippen MR) is 131 cm³/mol. The molecule has 6 rings (SSSR count). The topological polar surface area (TPSA) is 32.6 Å². The molecule has 0 radical (unpaired) electrons. The van der Waals surface area contributed by atoms with Crippen LogP contribution < -0.4 is 4.57 Å². The van der Waals surface area contributed by atoms with Crippen LogP contribution in [0, 0.1) is 18.3 Å². The van der Waals surface area contributed by atoms with Crippen LogP contribution in [0.15, 0.2) is 103 Å². The Morgan fingerprint density at radius 1 is 0.788 bits per heavy atom. The lowest BCUT2D eigenvalue weighted by Gasteiger charge is -2.15. The molecule has 0 fully saturated rings. The van der Waals surface area contributed by atoms with Crippen molar-refractivity contribution in [3.63, 3.8) is 0 Å². The molecule has 5 aromatic rings. The van der Waals surface area contributed by atoms with Crippen molar-refractivity contribution in [1.82, 2.24) is 4.57 Å².